The summed E-state index contributed by atoms with van der Waals surface area (Å²) in [6.07, 6.45) is 15.0. The van der Waals surface area contributed by atoms with Gasteiger partial charge in [-0.1, -0.05) is 0 Å². The Morgan fingerprint density at radius 3 is 1.11 bits per heavy atom. The zero-order valence-corrected chi connectivity index (χ0v) is 24.0. The van der Waals surface area contributed by atoms with Crippen molar-refractivity contribution in [1.29, 1.82) is 0 Å². The Labute approximate surface area is 258 Å². The van der Waals surface area contributed by atoms with Crippen LogP contribution in [0.25, 0.3) is 98.9 Å². The van der Waals surface area contributed by atoms with Crippen molar-refractivity contribution in [2.45, 2.75) is 0 Å². The van der Waals surface area contributed by atoms with E-state index in [-0.39, 0.29) is 0 Å². The highest BCUT2D eigenvalue weighted by molar-refractivity contribution is 6.16. The average molecular weight is 593 g/mol. The first kappa shape index (κ1) is 23.9. The molecule has 0 saturated carbocycles. The van der Waals surface area contributed by atoms with E-state index in [1.54, 1.807) is 0 Å². The molecular weight excluding hydrogens is 572 g/mol. The Balaban J connectivity index is 1.16. The summed E-state index contributed by atoms with van der Waals surface area (Å²) in [6.45, 7) is 0. The molecule has 0 N–H and O–H groups in total. The summed E-state index contributed by atoms with van der Waals surface area (Å²) in [5.74, 6) is 0. The standard InChI is InChI=1S/C38H20N6O2/c1-3-35-27(13-21(1)43-31-17-39-9-5-23(31)24-6-10-40-18-32(24)43)29-15-30-28-14-22(2-4-36(28)46-38(30)16-37(29)45-35)44-33-19-41-11-7-25(33)26-8-12-42-20-34(26)44/h1-20H. The molecule has 0 fully saturated rings. The van der Waals surface area contributed by atoms with Crippen LogP contribution in [0.2, 0.25) is 0 Å². The Bertz CT molecular complexity index is 2740. The summed E-state index contributed by atoms with van der Waals surface area (Å²) < 4.78 is 17.2. The van der Waals surface area contributed by atoms with Gasteiger partial charge in [0.05, 0.1) is 46.9 Å². The Morgan fingerprint density at radius 1 is 0.348 bits per heavy atom. The summed E-state index contributed by atoms with van der Waals surface area (Å²) in [7, 11) is 0. The molecule has 8 heterocycles. The Morgan fingerprint density at radius 2 is 0.717 bits per heavy atom. The van der Waals surface area contributed by atoms with Crippen LogP contribution >= 0.6 is 0 Å². The molecule has 0 aliphatic heterocycles. The molecule has 8 heteroatoms. The van der Waals surface area contributed by atoms with Gasteiger partial charge in [0.2, 0.25) is 0 Å². The summed E-state index contributed by atoms with van der Waals surface area (Å²) in [6, 6.07) is 25.1. The smallest absolute Gasteiger partial charge is 0.139 e. The molecule has 0 spiro atoms. The normalized spacial score (nSPS) is 12.3. The van der Waals surface area contributed by atoms with E-state index in [0.717, 1.165) is 98.9 Å². The van der Waals surface area contributed by atoms with E-state index in [0.29, 0.717) is 0 Å². The Hall–Kier alpha value is -6.54. The van der Waals surface area contributed by atoms with Gasteiger partial charge in [0, 0.05) is 85.3 Å². The predicted octanol–water partition coefficient (Wildman–Crippen LogP) is 9.26. The third-order valence-electron chi connectivity index (χ3n) is 9.29. The van der Waals surface area contributed by atoms with Gasteiger partial charge in [-0.05, 0) is 66.7 Å². The fourth-order valence-electron chi connectivity index (χ4n) is 7.29. The van der Waals surface area contributed by atoms with E-state index in [9.17, 15) is 0 Å². The minimum Gasteiger partial charge on any atom is -0.456 e. The molecule has 0 radical (unpaired) electrons. The number of hydrogen-bond donors (Lipinski definition) is 0. The van der Waals surface area contributed by atoms with Crippen molar-refractivity contribution >= 4 is 87.5 Å². The monoisotopic (exact) mass is 592 g/mol. The Kier molecular flexibility index (Phi) is 4.43. The number of nitrogens with zero attached hydrogens (tertiary/aromatic N) is 6. The molecule has 8 aromatic heterocycles. The highest BCUT2D eigenvalue weighted by atomic mass is 16.3. The van der Waals surface area contributed by atoms with Crippen LogP contribution in [-0.4, -0.2) is 29.1 Å². The third-order valence-corrected chi connectivity index (χ3v) is 9.29. The van der Waals surface area contributed by atoms with Crippen LogP contribution in [0, 0.1) is 0 Å². The molecule has 214 valence electrons. The lowest BCUT2D eigenvalue weighted by atomic mass is 10.1. The largest absolute Gasteiger partial charge is 0.456 e. The molecule has 0 amide bonds. The van der Waals surface area contributed by atoms with Crippen LogP contribution in [0.3, 0.4) is 0 Å². The maximum Gasteiger partial charge on any atom is 0.139 e. The minimum absolute atomic E-state index is 0.782. The number of benzene rings is 3. The van der Waals surface area contributed by atoms with Crippen molar-refractivity contribution in [3.8, 4) is 11.4 Å². The van der Waals surface area contributed by atoms with Crippen LogP contribution in [0.4, 0.5) is 0 Å². The number of aromatic nitrogens is 6. The molecule has 11 rings (SSSR count). The lowest BCUT2D eigenvalue weighted by Gasteiger charge is -2.07. The molecule has 0 aliphatic rings. The molecule has 0 saturated heterocycles. The van der Waals surface area contributed by atoms with Gasteiger partial charge >= 0.3 is 0 Å². The molecule has 11 aromatic rings. The number of hydrogen-bond acceptors (Lipinski definition) is 6. The van der Waals surface area contributed by atoms with Crippen LogP contribution in [0.5, 0.6) is 0 Å². The lowest BCUT2D eigenvalue weighted by Crippen LogP contribution is -1.94. The van der Waals surface area contributed by atoms with Crippen molar-refractivity contribution in [2.24, 2.45) is 0 Å². The molecule has 0 unspecified atom stereocenters. The predicted molar refractivity (Wildman–Crippen MR) is 181 cm³/mol. The van der Waals surface area contributed by atoms with Gasteiger partial charge in [0.25, 0.3) is 0 Å². The van der Waals surface area contributed by atoms with Crippen molar-refractivity contribution in [2.75, 3.05) is 0 Å². The topological polar surface area (TPSA) is 87.7 Å². The van der Waals surface area contributed by atoms with Gasteiger partial charge in [0.1, 0.15) is 22.3 Å². The van der Waals surface area contributed by atoms with Gasteiger partial charge in [-0.15, -0.1) is 0 Å². The van der Waals surface area contributed by atoms with Crippen molar-refractivity contribution in [1.82, 2.24) is 29.1 Å². The SMILES string of the molecule is c1cc2c3ccncc3n(-c3ccc4oc5cc6oc7ccc(-n8c9cnccc9c9ccncc98)cc7c6cc5c4c3)c2cn1. The quantitative estimate of drug-likeness (QED) is 0.199. The molecule has 46 heavy (non-hydrogen) atoms. The van der Waals surface area contributed by atoms with E-state index in [2.05, 4.69) is 83.7 Å². The van der Waals surface area contributed by atoms with E-state index in [1.165, 1.54) is 0 Å². The maximum atomic E-state index is 6.37. The van der Waals surface area contributed by atoms with Crippen molar-refractivity contribution < 1.29 is 8.83 Å². The zero-order valence-electron chi connectivity index (χ0n) is 24.0. The fraction of sp³-hybridized carbons (Fsp3) is 0. The minimum atomic E-state index is 0.782. The summed E-state index contributed by atoms with van der Waals surface area (Å²) >= 11 is 0. The second kappa shape index (κ2) is 8.55. The van der Waals surface area contributed by atoms with Gasteiger partial charge in [-0.2, -0.15) is 0 Å². The zero-order chi connectivity index (χ0) is 29.9. The average Bonchev–Trinajstić information content (AvgIpc) is 3.84. The molecule has 0 atom stereocenters. The molecule has 8 nitrogen and oxygen atoms in total. The van der Waals surface area contributed by atoms with Crippen LogP contribution < -0.4 is 0 Å². The van der Waals surface area contributed by atoms with Crippen molar-refractivity contribution in [3.05, 3.63) is 122 Å². The molecule has 0 aliphatic carbocycles. The van der Waals surface area contributed by atoms with Gasteiger partial charge in [0.15, 0.2) is 0 Å². The van der Waals surface area contributed by atoms with E-state index >= 15 is 0 Å². The summed E-state index contributed by atoms with van der Waals surface area (Å²) in [4.78, 5) is 17.7. The van der Waals surface area contributed by atoms with E-state index < -0.39 is 0 Å². The van der Waals surface area contributed by atoms with Crippen LogP contribution in [0.1, 0.15) is 0 Å². The van der Waals surface area contributed by atoms with Crippen LogP contribution in [0.15, 0.2) is 131 Å². The summed E-state index contributed by atoms with van der Waals surface area (Å²) in [5.41, 5.74) is 9.36. The van der Waals surface area contributed by atoms with Gasteiger partial charge in [-0.25, -0.2) is 0 Å². The highest BCUT2D eigenvalue weighted by Crippen LogP contribution is 2.40. The second-order valence-electron chi connectivity index (χ2n) is 11.7. The number of pyridine rings is 4. The molecule has 3 aromatic carbocycles. The first-order valence-electron chi connectivity index (χ1n) is 15.0. The van der Waals surface area contributed by atoms with E-state index in [4.69, 9.17) is 8.83 Å². The molecular formula is C38H20N6O2. The van der Waals surface area contributed by atoms with Gasteiger partial charge in [-0.3, -0.25) is 19.9 Å². The van der Waals surface area contributed by atoms with Crippen molar-refractivity contribution in [3.63, 3.8) is 0 Å². The number of furan rings is 2. The number of fused-ring (bicyclic) bond motifs is 12. The summed E-state index contributed by atoms with van der Waals surface area (Å²) in [5, 5.41) is 8.68. The van der Waals surface area contributed by atoms with E-state index in [1.807, 2.05) is 67.8 Å². The highest BCUT2D eigenvalue weighted by Gasteiger charge is 2.18. The fourth-order valence-corrected chi connectivity index (χ4v) is 7.29. The first-order valence-corrected chi connectivity index (χ1v) is 15.0. The van der Waals surface area contributed by atoms with Crippen LogP contribution in [-0.2, 0) is 0 Å². The first-order chi connectivity index (χ1) is 22.8. The third kappa shape index (κ3) is 3.07. The lowest BCUT2D eigenvalue weighted by molar-refractivity contribution is 0.656. The number of rotatable bonds is 2. The van der Waals surface area contributed by atoms with Gasteiger partial charge < -0.3 is 18.0 Å². The molecule has 0 bridgehead atoms. The second-order valence-corrected chi connectivity index (χ2v) is 11.7. The maximum absolute atomic E-state index is 6.37.